The Balaban J connectivity index is 1.34. The average molecular weight is 559 g/mol. The monoisotopic (exact) mass is 558 g/mol. The van der Waals surface area contributed by atoms with Crippen molar-refractivity contribution >= 4 is 40.0 Å². The summed E-state index contributed by atoms with van der Waals surface area (Å²) in [7, 11) is 1.55. The van der Waals surface area contributed by atoms with Gasteiger partial charge in [-0.05, 0) is 56.1 Å². The number of nitrogens with zero attached hydrogens (tertiary/aromatic N) is 5. The first-order valence-corrected chi connectivity index (χ1v) is 13.6. The molecule has 1 fully saturated rings. The fourth-order valence-electron chi connectivity index (χ4n) is 5.38. The maximum atomic E-state index is 14.5. The van der Waals surface area contributed by atoms with Crippen LogP contribution in [0.3, 0.4) is 0 Å². The summed E-state index contributed by atoms with van der Waals surface area (Å²) in [5.41, 5.74) is 3.45. The highest BCUT2D eigenvalue weighted by molar-refractivity contribution is 6.02. The Labute approximate surface area is 235 Å². The van der Waals surface area contributed by atoms with Crippen molar-refractivity contribution in [3.05, 3.63) is 71.0 Å². The van der Waals surface area contributed by atoms with Gasteiger partial charge >= 0.3 is 5.69 Å². The Morgan fingerprint density at radius 2 is 2.00 bits per heavy atom. The molecular formula is C29H31FN8O3. The number of methoxy groups -OCH3 is 1. The standard InChI is InChI=1S/C29H31FN8O3/c1-3-26(39)33-21-16-22(24(41-2)17-20(21)31-9-13-36-10-5-11-36)34-28-32-8-7-25(35-28)38-23-15-19(30)14-18-6-4-12-37(27(18)23)29(38)40/h3,7-8,14-17,31H,1,4-6,9-13H2,2H3,(H,33,39)(H,32,34,35). The van der Waals surface area contributed by atoms with E-state index in [1.54, 1.807) is 29.9 Å². The highest BCUT2D eigenvalue weighted by atomic mass is 19.1. The SMILES string of the molecule is C=CC(=O)Nc1cc(Nc2nccc(-n3c(=O)n4c5c(cc(F)cc53)CCC4)n2)c(OC)cc1NCCN1CCC1. The number of halogens is 1. The molecule has 11 nitrogen and oxygen atoms in total. The second-order valence-corrected chi connectivity index (χ2v) is 10.1. The minimum atomic E-state index is -0.398. The van der Waals surface area contributed by atoms with Crippen LogP contribution in [0.5, 0.6) is 5.75 Å². The second-order valence-electron chi connectivity index (χ2n) is 10.1. The molecule has 4 aromatic rings. The number of likely N-dealkylation sites (tertiary alicyclic amines) is 1. The van der Waals surface area contributed by atoms with Crippen LogP contribution >= 0.6 is 0 Å². The average Bonchev–Trinajstić information content (AvgIpc) is 3.23. The van der Waals surface area contributed by atoms with E-state index in [9.17, 15) is 14.0 Å². The zero-order chi connectivity index (χ0) is 28.5. The summed E-state index contributed by atoms with van der Waals surface area (Å²) in [4.78, 5) is 36.9. The van der Waals surface area contributed by atoms with E-state index in [0.717, 1.165) is 37.1 Å². The van der Waals surface area contributed by atoms with E-state index in [-0.39, 0.29) is 17.5 Å². The zero-order valence-electron chi connectivity index (χ0n) is 22.7. The number of hydrogen-bond acceptors (Lipinski definition) is 8. The van der Waals surface area contributed by atoms with Gasteiger partial charge < -0.3 is 25.6 Å². The highest BCUT2D eigenvalue weighted by Crippen LogP contribution is 2.36. The molecule has 12 heteroatoms. The number of imidazole rings is 1. The van der Waals surface area contributed by atoms with Gasteiger partial charge in [0, 0.05) is 44.0 Å². The first-order valence-electron chi connectivity index (χ1n) is 13.6. The van der Waals surface area contributed by atoms with E-state index in [1.165, 1.54) is 35.4 Å². The number of carbonyl (C=O) groups excluding carboxylic acids is 1. The van der Waals surface area contributed by atoms with Crippen molar-refractivity contribution in [2.75, 3.05) is 49.2 Å². The van der Waals surface area contributed by atoms with E-state index in [4.69, 9.17) is 4.74 Å². The van der Waals surface area contributed by atoms with E-state index in [2.05, 4.69) is 37.4 Å². The van der Waals surface area contributed by atoms with Crippen LogP contribution in [0, 0.1) is 5.82 Å². The smallest absolute Gasteiger partial charge is 0.334 e. The highest BCUT2D eigenvalue weighted by Gasteiger charge is 2.23. The number of carbonyl (C=O) groups is 1. The predicted octanol–water partition coefficient (Wildman–Crippen LogP) is 3.66. The van der Waals surface area contributed by atoms with Gasteiger partial charge in [-0.1, -0.05) is 6.58 Å². The van der Waals surface area contributed by atoms with Crippen LogP contribution in [0.4, 0.5) is 27.4 Å². The molecule has 2 aromatic heterocycles. The molecule has 0 bridgehead atoms. The van der Waals surface area contributed by atoms with Gasteiger partial charge in [0.15, 0.2) is 0 Å². The van der Waals surface area contributed by atoms with Crippen molar-refractivity contribution in [1.82, 2.24) is 24.0 Å². The lowest BCUT2D eigenvalue weighted by Crippen LogP contribution is -2.40. The Kier molecular flexibility index (Phi) is 7.14. The van der Waals surface area contributed by atoms with Crippen molar-refractivity contribution in [3.63, 3.8) is 0 Å². The number of amides is 1. The number of rotatable bonds is 10. The minimum Gasteiger partial charge on any atom is -0.494 e. The Hall–Kier alpha value is -4.71. The van der Waals surface area contributed by atoms with Gasteiger partial charge in [0.1, 0.15) is 17.4 Å². The Morgan fingerprint density at radius 3 is 2.76 bits per heavy atom. The quantitative estimate of drug-likeness (QED) is 0.253. The molecule has 41 heavy (non-hydrogen) atoms. The van der Waals surface area contributed by atoms with Crippen molar-refractivity contribution in [2.24, 2.45) is 0 Å². The van der Waals surface area contributed by atoms with Crippen molar-refractivity contribution in [2.45, 2.75) is 25.8 Å². The molecule has 3 N–H and O–H groups in total. The molecule has 2 aromatic carbocycles. The van der Waals surface area contributed by atoms with Gasteiger partial charge in [-0.3, -0.25) is 9.36 Å². The van der Waals surface area contributed by atoms with Crippen LogP contribution in [-0.4, -0.2) is 63.2 Å². The summed E-state index contributed by atoms with van der Waals surface area (Å²) in [5.74, 6) is 0.237. The fourth-order valence-corrected chi connectivity index (χ4v) is 5.38. The molecule has 0 saturated carbocycles. The van der Waals surface area contributed by atoms with Gasteiger partial charge in [0.25, 0.3) is 0 Å². The first kappa shape index (κ1) is 26.5. The third-order valence-electron chi connectivity index (χ3n) is 7.49. The van der Waals surface area contributed by atoms with Crippen LogP contribution in [-0.2, 0) is 17.8 Å². The number of ether oxygens (including phenoxy) is 1. The largest absolute Gasteiger partial charge is 0.494 e. The molecular weight excluding hydrogens is 527 g/mol. The van der Waals surface area contributed by atoms with Crippen LogP contribution in [0.15, 0.2) is 54.0 Å². The summed E-state index contributed by atoms with van der Waals surface area (Å²) in [6, 6.07) is 7.98. The molecule has 2 aliphatic heterocycles. The fraction of sp³-hybridized carbons (Fsp3) is 0.310. The summed E-state index contributed by atoms with van der Waals surface area (Å²) >= 11 is 0. The number of benzene rings is 2. The molecule has 212 valence electrons. The molecule has 4 heterocycles. The lowest BCUT2D eigenvalue weighted by molar-refractivity contribution is -0.111. The van der Waals surface area contributed by atoms with Gasteiger partial charge in [-0.25, -0.2) is 18.7 Å². The topological polar surface area (TPSA) is 118 Å². The zero-order valence-corrected chi connectivity index (χ0v) is 22.7. The second kappa shape index (κ2) is 11.0. The Bertz CT molecular complexity index is 1710. The van der Waals surface area contributed by atoms with Crippen molar-refractivity contribution < 1.29 is 13.9 Å². The van der Waals surface area contributed by atoms with E-state index >= 15 is 0 Å². The normalized spacial score (nSPS) is 14.4. The number of nitrogens with one attached hydrogen (secondary N) is 3. The Morgan fingerprint density at radius 1 is 1.15 bits per heavy atom. The van der Waals surface area contributed by atoms with Gasteiger partial charge in [0.2, 0.25) is 11.9 Å². The minimum absolute atomic E-state index is 0.194. The summed E-state index contributed by atoms with van der Waals surface area (Å²) in [6.45, 7) is 7.88. The van der Waals surface area contributed by atoms with E-state index < -0.39 is 5.82 Å². The van der Waals surface area contributed by atoms with E-state index in [1.807, 2.05) is 0 Å². The van der Waals surface area contributed by atoms with Gasteiger partial charge in [-0.15, -0.1) is 0 Å². The van der Waals surface area contributed by atoms with Crippen molar-refractivity contribution in [3.8, 4) is 11.6 Å². The molecule has 0 spiro atoms. The van der Waals surface area contributed by atoms with E-state index in [0.29, 0.717) is 53.7 Å². The molecule has 0 unspecified atom stereocenters. The maximum absolute atomic E-state index is 14.5. The van der Waals surface area contributed by atoms with Gasteiger partial charge in [0.05, 0.1) is 35.2 Å². The summed E-state index contributed by atoms with van der Waals surface area (Å²) in [5, 5.41) is 9.38. The summed E-state index contributed by atoms with van der Waals surface area (Å²) in [6.07, 6.45) is 5.42. The molecule has 0 radical (unpaired) electrons. The lowest BCUT2D eigenvalue weighted by atomic mass is 10.0. The van der Waals surface area contributed by atoms with Crippen LogP contribution in [0.1, 0.15) is 18.4 Å². The predicted molar refractivity (Wildman–Crippen MR) is 156 cm³/mol. The van der Waals surface area contributed by atoms with Crippen LogP contribution < -0.4 is 26.4 Å². The number of aromatic nitrogens is 4. The van der Waals surface area contributed by atoms with Gasteiger partial charge in [-0.2, -0.15) is 4.98 Å². The molecule has 2 aliphatic rings. The van der Waals surface area contributed by atoms with Crippen LogP contribution in [0.25, 0.3) is 16.9 Å². The van der Waals surface area contributed by atoms with Crippen molar-refractivity contribution in [1.29, 1.82) is 0 Å². The number of aryl methyl sites for hydroxylation is 2. The van der Waals surface area contributed by atoms with Crippen LogP contribution in [0.2, 0.25) is 0 Å². The molecule has 0 aliphatic carbocycles. The molecule has 1 saturated heterocycles. The first-order chi connectivity index (χ1) is 19.9. The molecule has 1 amide bonds. The number of hydrogen-bond donors (Lipinski definition) is 3. The maximum Gasteiger partial charge on any atom is 0.334 e. The summed E-state index contributed by atoms with van der Waals surface area (Å²) < 4.78 is 23.2. The molecule has 6 rings (SSSR count). The number of anilines is 4. The third kappa shape index (κ3) is 5.13. The lowest BCUT2D eigenvalue weighted by Gasteiger charge is -2.30. The third-order valence-corrected chi connectivity index (χ3v) is 7.49. The molecule has 0 atom stereocenters.